The summed E-state index contributed by atoms with van der Waals surface area (Å²) in [4.78, 5) is 34.5. The second-order valence-corrected chi connectivity index (χ2v) is 7.15. The molecule has 1 aromatic heterocycles. The average molecular weight is 358 g/mol. The summed E-state index contributed by atoms with van der Waals surface area (Å²) in [7, 11) is 0. The summed E-state index contributed by atoms with van der Waals surface area (Å²) >= 11 is 3.03. The lowest BCUT2D eigenvalue weighted by Crippen LogP contribution is -2.30. The summed E-state index contributed by atoms with van der Waals surface area (Å²) in [6, 6.07) is -0.527. The SMILES string of the molecule is CCOC(=O)c1c(NC(=O)NCCC(=O)O)sc2c1CCCS2. The number of amides is 2. The Morgan fingerprint density at radius 1 is 1.35 bits per heavy atom. The maximum Gasteiger partial charge on any atom is 0.341 e. The van der Waals surface area contributed by atoms with Crippen molar-refractivity contribution >= 4 is 46.1 Å². The van der Waals surface area contributed by atoms with E-state index in [-0.39, 0.29) is 19.6 Å². The Bertz CT molecular complexity index is 615. The molecule has 0 aromatic carbocycles. The van der Waals surface area contributed by atoms with E-state index in [0.29, 0.717) is 10.6 Å². The van der Waals surface area contributed by atoms with E-state index in [1.165, 1.54) is 11.3 Å². The van der Waals surface area contributed by atoms with Crippen LogP contribution in [0, 0.1) is 0 Å². The predicted octanol–water partition coefficient (Wildman–Crippen LogP) is 2.56. The summed E-state index contributed by atoms with van der Waals surface area (Å²) in [6.45, 7) is 2.02. The van der Waals surface area contributed by atoms with Gasteiger partial charge in [0.1, 0.15) is 5.00 Å². The molecule has 0 unspecified atom stereocenters. The maximum atomic E-state index is 12.2. The number of thioether (sulfide) groups is 1. The van der Waals surface area contributed by atoms with Crippen LogP contribution in [-0.2, 0) is 16.0 Å². The molecule has 7 nitrogen and oxygen atoms in total. The van der Waals surface area contributed by atoms with Crippen LogP contribution >= 0.6 is 23.1 Å². The number of ether oxygens (including phenoxy) is 1. The van der Waals surface area contributed by atoms with Crippen LogP contribution in [-0.4, -0.2) is 42.0 Å². The highest BCUT2D eigenvalue weighted by Crippen LogP contribution is 2.43. The predicted molar refractivity (Wildman–Crippen MR) is 88.6 cm³/mol. The number of anilines is 1. The van der Waals surface area contributed by atoms with Crippen LogP contribution in [0.3, 0.4) is 0 Å². The van der Waals surface area contributed by atoms with Crippen molar-refractivity contribution in [3.05, 3.63) is 11.1 Å². The first-order valence-corrected chi connectivity index (χ1v) is 9.05. The van der Waals surface area contributed by atoms with Gasteiger partial charge in [-0.25, -0.2) is 9.59 Å². The highest BCUT2D eigenvalue weighted by Gasteiger charge is 2.27. The van der Waals surface area contributed by atoms with Crippen LogP contribution in [0.2, 0.25) is 0 Å². The van der Waals surface area contributed by atoms with E-state index in [9.17, 15) is 14.4 Å². The number of nitrogens with one attached hydrogen (secondary N) is 2. The largest absolute Gasteiger partial charge is 0.481 e. The standard InChI is InChI=1S/C14H18N2O5S2/c1-2-21-12(19)10-8-4-3-7-22-13(8)23-11(10)16-14(20)15-6-5-9(17)18/h2-7H2,1H3,(H,17,18)(H2,15,16,20). The van der Waals surface area contributed by atoms with Gasteiger partial charge in [-0.05, 0) is 31.1 Å². The van der Waals surface area contributed by atoms with Gasteiger partial charge in [0.15, 0.2) is 0 Å². The van der Waals surface area contributed by atoms with E-state index in [1.807, 2.05) is 0 Å². The van der Waals surface area contributed by atoms with Crippen molar-refractivity contribution in [3.8, 4) is 0 Å². The number of hydrogen-bond acceptors (Lipinski definition) is 6. The minimum absolute atomic E-state index is 0.0236. The number of hydrogen-bond donors (Lipinski definition) is 3. The highest BCUT2D eigenvalue weighted by molar-refractivity contribution is 8.01. The Balaban J connectivity index is 2.13. The highest BCUT2D eigenvalue weighted by atomic mass is 32.2. The van der Waals surface area contributed by atoms with Gasteiger partial charge in [0.25, 0.3) is 0 Å². The van der Waals surface area contributed by atoms with Crippen molar-refractivity contribution in [2.75, 3.05) is 24.2 Å². The maximum absolute atomic E-state index is 12.2. The molecule has 2 amide bonds. The molecule has 3 N–H and O–H groups in total. The zero-order chi connectivity index (χ0) is 16.8. The lowest BCUT2D eigenvalue weighted by molar-refractivity contribution is -0.136. The van der Waals surface area contributed by atoms with Crippen LogP contribution in [0.15, 0.2) is 4.21 Å². The van der Waals surface area contributed by atoms with Crippen molar-refractivity contribution in [1.82, 2.24) is 5.32 Å². The zero-order valence-corrected chi connectivity index (χ0v) is 14.3. The van der Waals surface area contributed by atoms with Crippen LogP contribution in [0.4, 0.5) is 9.80 Å². The molecule has 0 atom stereocenters. The van der Waals surface area contributed by atoms with Crippen LogP contribution in [0.25, 0.3) is 0 Å². The third-order valence-electron chi connectivity index (χ3n) is 3.11. The van der Waals surface area contributed by atoms with Gasteiger partial charge >= 0.3 is 18.0 Å². The van der Waals surface area contributed by atoms with E-state index in [0.717, 1.165) is 28.4 Å². The van der Waals surface area contributed by atoms with E-state index >= 15 is 0 Å². The fraction of sp³-hybridized carbons (Fsp3) is 0.500. The first-order valence-electron chi connectivity index (χ1n) is 7.25. The second-order valence-electron chi connectivity index (χ2n) is 4.77. The molecule has 0 saturated carbocycles. The van der Waals surface area contributed by atoms with Gasteiger partial charge in [0.2, 0.25) is 0 Å². The third kappa shape index (κ3) is 4.61. The van der Waals surface area contributed by atoms with Crippen molar-refractivity contribution in [2.24, 2.45) is 0 Å². The van der Waals surface area contributed by atoms with Crippen LogP contribution in [0.5, 0.6) is 0 Å². The molecule has 1 aromatic rings. The minimum atomic E-state index is -0.986. The van der Waals surface area contributed by atoms with Gasteiger partial charge in [-0.2, -0.15) is 0 Å². The smallest absolute Gasteiger partial charge is 0.341 e. The molecule has 0 fully saturated rings. The molecular formula is C14H18N2O5S2. The quantitative estimate of drug-likeness (QED) is 0.675. The number of urea groups is 1. The molecule has 0 radical (unpaired) electrons. The first kappa shape index (κ1) is 17.6. The molecule has 0 aliphatic carbocycles. The molecule has 1 aliphatic heterocycles. The second kappa shape index (κ2) is 8.21. The number of carbonyl (C=O) groups is 3. The molecular weight excluding hydrogens is 340 g/mol. The fourth-order valence-corrected chi connectivity index (χ4v) is 4.69. The number of fused-ring (bicyclic) bond motifs is 1. The number of carboxylic acid groups (broad SMARTS) is 1. The van der Waals surface area contributed by atoms with E-state index in [1.54, 1.807) is 18.7 Å². The Morgan fingerprint density at radius 3 is 2.83 bits per heavy atom. The number of carbonyl (C=O) groups excluding carboxylic acids is 2. The van der Waals surface area contributed by atoms with Gasteiger partial charge < -0.3 is 15.2 Å². The van der Waals surface area contributed by atoms with Gasteiger partial charge in [-0.15, -0.1) is 23.1 Å². The fourth-order valence-electron chi connectivity index (χ4n) is 2.14. The van der Waals surface area contributed by atoms with Crippen molar-refractivity contribution in [1.29, 1.82) is 0 Å². The lowest BCUT2D eigenvalue weighted by Gasteiger charge is -2.12. The molecule has 0 bridgehead atoms. The van der Waals surface area contributed by atoms with E-state index in [4.69, 9.17) is 9.84 Å². The molecule has 2 heterocycles. The van der Waals surface area contributed by atoms with Crippen LogP contribution < -0.4 is 10.6 Å². The topological polar surface area (TPSA) is 105 Å². The van der Waals surface area contributed by atoms with E-state index in [2.05, 4.69) is 10.6 Å². The van der Waals surface area contributed by atoms with Gasteiger partial charge in [0, 0.05) is 6.54 Å². The lowest BCUT2D eigenvalue weighted by atomic mass is 10.1. The zero-order valence-electron chi connectivity index (χ0n) is 12.6. The molecule has 0 spiro atoms. The number of aliphatic carboxylic acids is 1. The Hall–Kier alpha value is -1.74. The molecule has 23 heavy (non-hydrogen) atoms. The summed E-state index contributed by atoms with van der Waals surface area (Å²) < 4.78 is 6.12. The number of rotatable bonds is 6. The van der Waals surface area contributed by atoms with E-state index < -0.39 is 18.0 Å². The Labute approximate surface area is 141 Å². The molecule has 0 saturated heterocycles. The monoisotopic (exact) mass is 358 g/mol. The molecule has 1 aliphatic rings. The molecule has 9 heteroatoms. The Morgan fingerprint density at radius 2 is 2.13 bits per heavy atom. The molecule has 2 rings (SSSR count). The summed E-state index contributed by atoms with van der Waals surface area (Å²) in [5.74, 6) is -0.436. The van der Waals surface area contributed by atoms with Crippen molar-refractivity contribution in [3.63, 3.8) is 0 Å². The normalized spacial score (nSPS) is 13.1. The van der Waals surface area contributed by atoms with Gasteiger partial charge in [-0.3, -0.25) is 10.1 Å². The Kier molecular flexibility index (Phi) is 6.28. The number of carboxylic acids is 1. The minimum Gasteiger partial charge on any atom is -0.481 e. The van der Waals surface area contributed by atoms with Gasteiger partial charge in [0.05, 0.1) is 22.8 Å². The summed E-state index contributed by atoms with van der Waals surface area (Å²) in [5.41, 5.74) is 1.36. The van der Waals surface area contributed by atoms with Crippen LogP contribution in [0.1, 0.15) is 35.7 Å². The number of thiophene rings is 1. The third-order valence-corrected chi connectivity index (χ3v) is 5.65. The first-order chi connectivity index (χ1) is 11.0. The summed E-state index contributed by atoms with van der Waals surface area (Å²) in [6.07, 6.45) is 1.61. The van der Waals surface area contributed by atoms with Gasteiger partial charge in [-0.1, -0.05) is 0 Å². The molecule has 126 valence electrons. The summed E-state index contributed by atoms with van der Waals surface area (Å²) in [5, 5.41) is 14.1. The number of esters is 1. The van der Waals surface area contributed by atoms with Crippen molar-refractivity contribution in [2.45, 2.75) is 30.4 Å². The average Bonchev–Trinajstić information content (AvgIpc) is 2.84. The van der Waals surface area contributed by atoms with Crippen molar-refractivity contribution < 1.29 is 24.2 Å².